The molecule has 0 saturated carbocycles. The normalized spacial score (nSPS) is 19.8. The van der Waals surface area contributed by atoms with Gasteiger partial charge in [0.25, 0.3) is 0 Å². The van der Waals surface area contributed by atoms with Gasteiger partial charge in [0.2, 0.25) is 11.8 Å². The maximum atomic E-state index is 13.0. The fraction of sp³-hybridized carbons (Fsp3) is 0.621. The highest BCUT2D eigenvalue weighted by atomic mass is 32.1. The fourth-order valence-corrected chi connectivity index (χ4v) is 4.63. The third-order valence-corrected chi connectivity index (χ3v) is 7.29. The number of rotatable bonds is 5. The van der Waals surface area contributed by atoms with Crippen LogP contribution in [0.25, 0.3) is 10.4 Å². The molecular formula is C29H45N3O3S. The summed E-state index contributed by atoms with van der Waals surface area (Å²) in [5, 5.41) is 13.2. The van der Waals surface area contributed by atoms with E-state index in [0.29, 0.717) is 5.41 Å². The van der Waals surface area contributed by atoms with Crippen molar-refractivity contribution >= 4 is 23.2 Å². The number of nitrogens with one attached hydrogen (secondary N) is 1. The summed E-state index contributed by atoms with van der Waals surface area (Å²) >= 11 is 1.61. The zero-order valence-corrected chi connectivity index (χ0v) is 24.5. The number of carbonyl (C=O) groups excluding carboxylic acids is 2. The predicted octanol–water partition coefficient (Wildman–Crippen LogP) is 5.99. The first-order valence-electron chi connectivity index (χ1n) is 12.8. The maximum Gasteiger partial charge on any atom is 0.243 e. The molecule has 1 saturated heterocycles. The lowest BCUT2D eigenvalue weighted by Gasteiger charge is -2.33. The Morgan fingerprint density at radius 3 is 2.11 bits per heavy atom. The van der Waals surface area contributed by atoms with Crippen LogP contribution in [0.4, 0.5) is 0 Å². The number of carbonyl (C=O) groups is 2. The third-order valence-electron chi connectivity index (χ3n) is 6.31. The van der Waals surface area contributed by atoms with E-state index in [0.717, 1.165) is 21.7 Å². The van der Waals surface area contributed by atoms with E-state index in [9.17, 15) is 14.7 Å². The Kier molecular flexibility index (Phi) is 9.88. The molecule has 0 radical (unpaired) electrons. The maximum absolute atomic E-state index is 13.0. The van der Waals surface area contributed by atoms with Gasteiger partial charge in [0.1, 0.15) is 6.04 Å². The summed E-state index contributed by atoms with van der Waals surface area (Å²) < 4.78 is 0. The quantitative estimate of drug-likeness (QED) is 0.512. The van der Waals surface area contributed by atoms with Crippen molar-refractivity contribution in [1.82, 2.24) is 15.2 Å². The molecular weight excluding hydrogens is 470 g/mol. The van der Waals surface area contributed by atoms with Crippen LogP contribution in [0.3, 0.4) is 0 Å². The van der Waals surface area contributed by atoms with E-state index in [1.165, 1.54) is 0 Å². The molecule has 0 spiro atoms. The summed E-state index contributed by atoms with van der Waals surface area (Å²) in [5.41, 5.74) is 5.23. The summed E-state index contributed by atoms with van der Waals surface area (Å²) in [4.78, 5) is 33.0. The van der Waals surface area contributed by atoms with E-state index in [4.69, 9.17) is 0 Å². The molecule has 36 heavy (non-hydrogen) atoms. The van der Waals surface area contributed by atoms with Crippen molar-refractivity contribution in [2.24, 2.45) is 16.7 Å². The number of aryl methyl sites for hydroxylation is 1. The first-order chi connectivity index (χ1) is 16.5. The molecule has 200 valence electrons. The van der Waals surface area contributed by atoms with Gasteiger partial charge in [-0.15, -0.1) is 11.3 Å². The lowest BCUT2D eigenvalue weighted by molar-refractivity contribution is -0.144. The molecule has 1 fully saturated rings. The van der Waals surface area contributed by atoms with E-state index in [-0.39, 0.29) is 42.2 Å². The van der Waals surface area contributed by atoms with Crippen LogP contribution in [-0.4, -0.2) is 45.5 Å². The van der Waals surface area contributed by atoms with Crippen LogP contribution in [0.5, 0.6) is 0 Å². The summed E-state index contributed by atoms with van der Waals surface area (Å²) in [6.07, 6.45) is -0.408. The highest BCUT2D eigenvalue weighted by Gasteiger charge is 2.42. The largest absolute Gasteiger partial charge is 0.391 e. The molecule has 2 N–H and O–H groups in total. The Bertz CT molecular complexity index is 1010. The number of β-amino-alcohol motifs (C(OH)–C–C–N with tert-alkyl or cyclic N) is 1. The highest BCUT2D eigenvalue weighted by molar-refractivity contribution is 7.13. The lowest BCUT2D eigenvalue weighted by atomic mass is 9.81. The minimum Gasteiger partial charge on any atom is -0.391 e. The molecule has 2 heterocycles. The second-order valence-electron chi connectivity index (χ2n) is 12.6. The van der Waals surface area contributed by atoms with Gasteiger partial charge >= 0.3 is 0 Å². The fourth-order valence-electron chi connectivity index (χ4n) is 3.82. The number of hydrogen-bond acceptors (Lipinski definition) is 5. The number of aromatic nitrogens is 1. The van der Waals surface area contributed by atoms with Gasteiger partial charge in [-0.25, -0.2) is 4.98 Å². The van der Waals surface area contributed by atoms with E-state index < -0.39 is 12.1 Å². The molecule has 7 heteroatoms. The van der Waals surface area contributed by atoms with E-state index >= 15 is 0 Å². The van der Waals surface area contributed by atoms with Crippen molar-refractivity contribution in [2.75, 3.05) is 6.54 Å². The van der Waals surface area contributed by atoms with Crippen molar-refractivity contribution < 1.29 is 14.7 Å². The first-order valence-corrected chi connectivity index (χ1v) is 13.7. The Morgan fingerprint density at radius 1 is 1.08 bits per heavy atom. The minimum absolute atomic E-state index is 0.0823. The lowest BCUT2D eigenvalue weighted by Crippen LogP contribution is -2.49. The minimum atomic E-state index is -0.677. The molecule has 4 atom stereocenters. The molecule has 1 aliphatic heterocycles. The summed E-state index contributed by atoms with van der Waals surface area (Å²) in [7, 11) is 0. The highest BCUT2D eigenvalue weighted by Crippen LogP contribution is 2.31. The molecule has 6 nitrogen and oxygen atoms in total. The Labute approximate surface area is 221 Å². The molecule has 0 aliphatic carbocycles. The van der Waals surface area contributed by atoms with Gasteiger partial charge in [-0.05, 0) is 35.8 Å². The van der Waals surface area contributed by atoms with E-state index in [2.05, 4.69) is 38.0 Å². The average molecular weight is 516 g/mol. The molecule has 2 aromatic rings. The Morgan fingerprint density at radius 2 is 1.64 bits per heavy atom. The van der Waals surface area contributed by atoms with Gasteiger partial charge in [-0.1, -0.05) is 79.7 Å². The van der Waals surface area contributed by atoms with E-state index in [1.807, 2.05) is 71.3 Å². The van der Waals surface area contributed by atoms with Crippen molar-refractivity contribution in [3.8, 4) is 10.4 Å². The number of nitrogens with zero attached hydrogens (tertiary/aromatic N) is 2. The molecule has 1 aromatic carbocycles. The van der Waals surface area contributed by atoms with Crippen LogP contribution in [0.2, 0.25) is 0 Å². The van der Waals surface area contributed by atoms with Crippen LogP contribution < -0.4 is 5.32 Å². The molecule has 0 unspecified atom stereocenters. The first kappa shape index (κ1) is 30.0. The van der Waals surface area contributed by atoms with Crippen LogP contribution in [-0.2, 0) is 9.59 Å². The van der Waals surface area contributed by atoms with E-state index in [1.54, 1.807) is 16.2 Å². The van der Waals surface area contributed by atoms with Gasteiger partial charge in [-0.2, -0.15) is 0 Å². The predicted molar refractivity (Wildman–Crippen MR) is 149 cm³/mol. The van der Waals surface area contributed by atoms with Crippen LogP contribution in [0.15, 0.2) is 29.8 Å². The zero-order valence-electron chi connectivity index (χ0n) is 23.7. The topological polar surface area (TPSA) is 82.5 Å². The smallest absolute Gasteiger partial charge is 0.243 e. The number of benzene rings is 1. The summed E-state index contributed by atoms with van der Waals surface area (Å²) in [6, 6.07) is 7.24. The second kappa shape index (κ2) is 11.9. The Balaban J connectivity index is 0.000000830. The summed E-state index contributed by atoms with van der Waals surface area (Å²) in [5.74, 6) is -0.546. The number of aliphatic hydroxyl groups is 1. The van der Waals surface area contributed by atoms with Crippen LogP contribution in [0.1, 0.15) is 86.0 Å². The number of likely N-dealkylation sites (tertiary alicyclic amines) is 1. The molecule has 0 bridgehead atoms. The molecule has 1 aromatic heterocycles. The average Bonchev–Trinajstić information content (AvgIpc) is 3.36. The zero-order chi connectivity index (χ0) is 27.4. The summed E-state index contributed by atoms with van der Waals surface area (Å²) in [6.45, 7) is 20.8. The van der Waals surface area contributed by atoms with Gasteiger partial charge in [0, 0.05) is 18.9 Å². The number of hydrogen-bond donors (Lipinski definition) is 2. The third kappa shape index (κ3) is 8.41. The standard InChI is InChI=1S/C24H33N3O3S.C5H12/c1-14(24(4,5)6)23(30)27-12-19(28)11-20(27)22(29)26-15(2)17-7-9-18(10-8-17)21-16(3)25-13-31-21;1-5(2,3)4/h7-10,13-15,19-20,28H,11-12H2,1-6H3,(H,26,29);1-4H3/t14-,15+,19-,20+;/m1./s1. The van der Waals surface area contributed by atoms with Crippen molar-refractivity contribution in [3.63, 3.8) is 0 Å². The Hall–Kier alpha value is -2.25. The van der Waals surface area contributed by atoms with Crippen molar-refractivity contribution in [3.05, 3.63) is 41.0 Å². The molecule has 1 aliphatic rings. The van der Waals surface area contributed by atoms with Crippen molar-refractivity contribution in [2.45, 2.75) is 93.8 Å². The van der Waals surface area contributed by atoms with Crippen LogP contribution >= 0.6 is 11.3 Å². The monoisotopic (exact) mass is 515 g/mol. The molecule has 2 amide bonds. The molecule has 3 rings (SSSR count). The second-order valence-corrected chi connectivity index (χ2v) is 13.5. The van der Waals surface area contributed by atoms with Crippen LogP contribution in [0, 0.1) is 23.7 Å². The van der Waals surface area contributed by atoms with Gasteiger partial charge in [0.05, 0.1) is 28.2 Å². The number of aliphatic hydroxyl groups excluding tert-OH is 1. The van der Waals surface area contributed by atoms with Gasteiger partial charge in [-0.3, -0.25) is 9.59 Å². The van der Waals surface area contributed by atoms with Gasteiger partial charge in [0.15, 0.2) is 0 Å². The number of amides is 2. The number of thiazole rings is 1. The van der Waals surface area contributed by atoms with Crippen molar-refractivity contribution in [1.29, 1.82) is 0 Å². The van der Waals surface area contributed by atoms with Gasteiger partial charge < -0.3 is 15.3 Å². The SMILES string of the molecule is CC(C)(C)C.Cc1ncsc1-c1ccc([C@H](C)NC(=O)[C@@H]2C[C@@H](O)CN2C(=O)[C@@H](C)C(C)(C)C)cc1.